The van der Waals surface area contributed by atoms with Crippen molar-refractivity contribution in [3.8, 4) is 5.88 Å². The lowest BCUT2D eigenvalue weighted by Crippen LogP contribution is -2.15. The van der Waals surface area contributed by atoms with Crippen molar-refractivity contribution in [3.05, 3.63) is 23.7 Å². The molecule has 0 fully saturated rings. The molecule has 2 heterocycles. The summed E-state index contributed by atoms with van der Waals surface area (Å²) in [5.41, 5.74) is 0.576. The predicted molar refractivity (Wildman–Crippen MR) is 68.9 cm³/mol. The van der Waals surface area contributed by atoms with E-state index in [1.807, 2.05) is 0 Å². The average Bonchev–Trinajstić information content (AvgIpc) is 2.85. The van der Waals surface area contributed by atoms with Crippen molar-refractivity contribution in [2.45, 2.75) is 13.5 Å². The molecule has 21 heavy (non-hydrogen) atoms. The number of carbonyl (C=O) groups excluding carboxylic acids is 1. The van der Waals surface area contributed by atoms with Crippen LogP contribution in [0, 0.1) is 6.92 Å². The number of aromatic nitrogens is 5. The minimum Gasteiger partial charge on any atom is -0.481 e. The fourth-order valence-electron chi connectivity index (χ4n) is 1.48. The van der Waals surface area contributed by atoms with Gasteiger partial charge >= 0.3 is 5.97 Å². The van der Waals surface area contributed by atoms with Gasteiger partial charge in [-0.25, -0.2) is 9.67 Å². The van der Waals surface area contributed by atoms with Gasteiger partial charge in [-0.1, -0.05) is 5.21 Å². The molecule has 2 aromatic rings. The number of aryl methyl sites for hydroxylation is 1. The lowest BCUT2D eigenvalue weighted by Gasteiger charge is -2.04. The van der Waals surface area contributed by atoms with Crippen LogP contribution >= 0.6 is 0 Å². The summed E-state index contributed by atoms with van der Waals surface area (Å²) >= 11 is 0. The van der Waals surface area contributed by atoms with Crippen LogP contribution in [0.1, 0.15) is 16.2 Å². The van der Waals surface area contributed by atoms with Gasteiger partial charge in [-0.2, -0.15) is 4.98 Å². The lowest BCUT2D eigenvalue weighted by molar-refractivity contribution is -0.137. The predicted octanol–water partition coefficient (Wildman–Crippen LogP) is -0.278. The Labute approximate surface area is 118 Å². The molecule has 1 amide bonds. The molecule has 10 nitrogen and oxygen atoms in total. The zero-order chi connectivity index (χ0) is 15.4. The summed E-state index contributed by atoms with van der Waals surface area (Å²) in [7, 11) is 1.45. The van der Waals surface area contributed by atoms with E-state index >= 15 is 0 Å². The van der Waals surface area contributed by atoms with Gasteiger partial charge in [0.05, 0.1) is 13.3 Å². The summed E-state index contributed by atoms with van der Waals surface area (Å²) in [5, 5.41) is 18.2. The normalized spacial score (nSPS) is 10.2. The Morgan fingerprint density at radius 2 is 2.19 bits per heavy atom. The third-order valence-electron chi connectivity index (χ3n) is 2.33. The molecule has 0 aliphatic carbocycles. The number of amides is 1. The third-order valence-corrected chi connectivity index (χ3v) is 2.33. The van der Waals surface area contributed by atoms with Crippen molar-refractivity contribution in [2.75, 3.05) is 12.4 Å². The summed E-state index contributed by atoms with van der Waals surface area (Å²) in [6.07, 6.45) is 1.22. The zero-order valence-electron chi connectivity index (χ0n) is 11.3. The highest BCUT2D eigenvalue weighted by atomic mass is 16.5. The van der Waals surface area contributed by atoms with E-state index in [1.54, 1.807) is 13.0 Å². The van der Waals surface area contributed by atoms with Gasteiger partial charge < -0.3 is 9.84 Å². The lowest BCUT2D eigenvalue weighted by atomic mass is 10.4. The molecular formula is C11H12N6O4. The van der Waals surface area contributed by atoms with Gasteiger partial charge in [0.25, 0.3) is 5.91 Å². The maximum absolute atomic E-state index is 11.9. The molecule has 0 saturated carbocycles. The summed E-state index contributed by atoms with van der Waals surface area (Å²) in [6, 6.07) is 1.61. The molecule has 0 aromatic carbocycles. The van der Waals surface area contributed by atoms with E-state index in [1.165, 1.54) is 13.3 Å². The Hall–Kier alpha value is -3.04. The van der Waals surface area contributed by atoms with E-state index in [2.05, 4.69) is 25.6 Å². The number of carbonyl (C=O) groups is 2. The molecule has 0 radical (unpaired) electrons. The highest BCUT2D eigenvalue weighted by molar-refractivity contribution is 6.01. The molecule has 0 saturated heterocycles. The quantitative estimate of drug-likeness (QED) is 0.769. The first-order valence-electron chi connectivity index (χ1n) is 5.81. The van der Waals surface area contributed by atoms with Crippen LogP contribution in [-0.2, 0) is 11.3 Å². The van der Waals surface area contributed by atoms with E-state index < -0.39 is 11.9 Å². The molecule has 110 valence electrons. The van der Waals surface area contributed by atoms with Crippen LogP contribution in [0.15, 0.2) is 12.3 Å². The van der Waals surface area contributed by atoms with Crippen LogP contribution in [0.5, 0.6) is 5.88 Å². The molecule has 0 aliphatic rings. The number of hydrogen-bond acceptors (Lipinski definition) is 7. The second-order valence-electron chi connectivity index (χ2n) is 4.02. The second-order valence-corrected chi connectivity index (χ2v) is 4.02. The minimum absolute atomic E-state index is 0.0414. The summed E-state index contributed by atoms with van der Waals surface area (Å²) in [4.78, 5) is 30.4. The van der Waals surface area contributed by atoms with Crippen LogP contribution in [0.2, 0.25) is 0 Å². The molecule has 2 rings (SSSR count). The van der Waals surface area contributed by atoms with Crippen molar-refractivity contribution in [1.29, 1.82) is 0 Å². The first kappa shape index (κ1) is 14.4. The van der Waals surface area contributed by atoms with Gasteiger partial charge in [-0.05, 0) is 6.92 Å². The van der Waals surface area contributed by atoms with Crippen LogP contribution in [-0.4, -0.2) is 49.1 Å². The Kier molecular flexibility index (Phi) is 4.07. The smallest absolute Gasteiger partial charge is 0.325 e. The van der Waals surface area contributed by atoms with Crippen LogP contribution in [0.25, 0.3) is 0 Å². The van der Waals surface area contributed by atoms with Gasteiger partial charge in [-0.15, -0.1) is 5.10 Å². The number of carboxylic acids is 1. The number of carboxylic acid groups (broad SMARTS) is 1. The minimum atomic E-state index is -1.08. The zero-order valence-corrected chi connectivity index (χ0v) is 11.3. The Morgan fingerprint density at radius 1 is 1.43 bits per heavy atom. The number of anilines is 1. The molecule has 0 unspecified atom stereocenters. The van der Waals surface area contributed by atoms with Gasteiger partial charge in [0.15, 0.2) is 5.69 Å². The van der Waals surface area contributed by atoms with E-state index in [-0.39, 0.29) is 18.2 Å². The Bertz CT molecular complexity index is 683. The van der Waals surface area contributed by atoms with Crippen LogP contribution < -0.4 is 10.1 Å². The maximum Gasteiger partial charge on any atom is 0.325 e. The third kappa shape index (κ3) is 3.72. The number of nitrogens with one attached hydrogen (secondary N) is 1. The monoisotopic (exact) mass is 292 g/mol. The Morgan fingerprint density at radius 3 is 2.86 bits per heavy atom. The summed E-state index contributed by atoms with van der Waals surface area (Å²) in [6.45, 7) is 1.35. The van der Waals surface area contributed by atoms with E-state index in [0.717, 1.165) is 4.68 Å². The van der Waals surface area contributed by atoms with Gasteiger partial charge in [0, 0.05) is 11.8 Å². The SMILES string of the molecule is COc1cc(C)nc(NC(=O)c2cn(CC(=O)O)nn2)n1. The van der Waals surface area contributed by atoms with Gasteiger partial charge in [0.1, 0.15) is 6.54 Å². The average molecular weight is 292 g/mol. The van der Waals surface area contributed by atoms with Gasteiger partial charge in [0.2, 0.25) is 11.8 Å². The number of hydrogen-bond donors (Lipinski definition) is 2. The first-order chi connectivity index (χ1) is 9.97. The first-order valence-corrected chi connectivity index (χ1v) is 5.81. The van der Waals surface area contributed by atoms with Gasteiger partial charge in [-0.3, -0.25) is 14.9 Å². The van der Waals surface area contributed by atoms with Crippen molar-refractivity contribution in [3.63, 3.8) is 0 Å². The largest absolute Gasteiger partial charge is 0.481 e. The van der Waals surface area contributed by atoms with Crippen molar-refractivity contribution in [1.82, 2.24) is 25.0 Å². The molecule has 0 spiro atoms. The van der Waals surface area contributed by atoms with Crippen molar-refractivity contribution >= 4 is 17.8 Å². The molecular weight excluding hydrogens is 280 g/mol. The number of ether oxygens (including phenoxy) is 1. The summed E-state index contributed by atoms with van der Waals surface area (Å²) < 4.78 is 6.01. The van der Waals surface area contributed by atoms with E-state index in [4.69, 9.17) is 9.84 Å². The molecule has 0 bridgehead atoms. The number of aliphatic carboxylic acids is 1. The highest BCUT2D eigenvalue weighted by Gasteiger charge is 2.14. The fourth-order valence-corrected chi connectivity index (χ4v) is 1.48. The maximum atomic E-state index is 11.9. The molecule has 0 atom stereocenters. The standard InChI is InChI=1S/C11H12N6O4/c1-6-3-8(21-2)13-11(12-6)14-10(20)7-4-17(16-15-7)5-9(18)19/h3-4H,5H2,1-2H3,(H,18,19)(H,12,13,14,20). The number of rotatable bonds is 5. The second kappa shape index (κ2) is 5.94. The van der Waals surface area contributed by atoms with E-state index in [0.29, 0.717) is 11.6 Å². The van der Waals surface area contributed by atoms with Crippen LogP contribution in [0.4, 0.5) is 5.95 Å². The number of nitrogens with zero attached hydrogens (tertiary/aromatic N) is 5. The molecule has 2 aromatic heterocycles. The van der Waals surface area contributed by atoms with E-state index in [9.17, 15) is 9.59 Å². The Balaban J connectivity index is 2.12. The molecule has 10 heteroatoms. The molecule has 2 N–H and O–H groups in total. The van der Waals surface area contributed by atoms with Crippen molar-refractivity contribution in [2.24, 2.45) is 0 Å². The number of methoxy groups -OCH3 is 1. The summed E-state index contributed by atoms with van der Waals surface area (Å²) in [5.74, 6) is -1.31. The topological polar surface area (TPSA) is 132 Å². The van der Waals surface area contributed by atoms with Crippen LogP contribution in [0.3, 0.4) is 0 Å². The molecule has 0 aliphatic heterocycles. The van der Waals surface area contributed by atoms with Crippen molar-refractivity contribution < 1.29 is 19.4 Å². The highest BCUT2D eigenvalue weighted by Crippen LogP contribution is 2.11. The fraction of sp³-hybridized carbons (Fsp3) is 0.273.